The van der Waals surface area contributed by atoms with E-state index in [4.69, 9.17) is 23.2 Å². The van der Waals surface area contributed by atoms with E-state index in [-0.39, 0.29) is 5.57 Å². The summed E-state index contributed by atoms with van der Waals surface area (Å²) in [6, 6.07) is 14.8. The molecule has 0 aliphatic heterocycles. The van der Waals surface area contributed by atoms with E-state index in [1.54, 1.807) is 30.5 Å². The molecule has 2 aromatic carbocycles. The number of nitrogens with one attached hydrogen (secondary N) is 1. The molecule has 0 radical (unpaired) electrons. The number of carbonyl (C=O) groups is 1. The molecule has 1 heterocycles. The molecule has 8 heteroatoms. The standard InChI is InChI=1S/C22H18Cl2N4OS/c1-28(2)18-6-3-14(4-7-18)9-16(12-25)21(29)27-22-26-13-19(30-22)11-15-10-17(23)5-8-20(15)24/h3-10,13H,11H2,1-2H3,(H,26,27,29). The van der Waals surface area contributed by atoms with Crippen molar-refractivity contribution in [3.8, 4) is 6.07 Å². The fourth-order valence-corrected chi connectivity index (χ4v) is 3.87. The summed E-state index contributed by atoms with van der Waals surface area (Å²) >= 11 is 13.6. The molecule has 0 aliphatic rings. The molecule has 0 aliphatic carbocycles. The Balaban J connectivity index is 1.70. The molecule has 0 unspecified atom stereocenters. The van der Waals surface area contributed by atoms with Crippen molar-refractivity contribution in [3.63, 3.8) is 0 Å². The minimum Gasteiger partial charge on any atom is -0.378 e. The highest BCUT2D eigenvalue weighted by Gasteiger charge is 2.13. The minimum atomic E-state index is -0.504. The maximum atomic E-state index is 12.5. The smallest absolute Gasteiger partial charge is 0.268 e. The van der Waals surface area contributed by atoms with Gasteiger partial charge in [0.1, 0.15) is 11.6 Å². The van der Waals surface area contributed by atoms with Crippen molar-refractivity contribution >= 4 is 57.3 Å². The minimum absolute atomic E-state index is 0.00207. The van der Waals surface area contributed by atoms with E-state index in [9.17, 15) is 10.1 Å². The summed E-state index contributed by atoms with van der Waals surface area (Å²) in [5, 5.41) is 13.7. The first-order valence-corrected chi connectivity index (χ1v) is 10.5. The van der Waals surface area contributed by atoms with Crippen LogP contribution in [0, 0.1) is 11.3 Å². The highest BCUT2D eigenvalue weighted by atomic mass is 35.5. The predicted octanol–water partition coefficient (Wildman–Crippen LogP) is 5.65. The van der Waals surface area contributed by atoms with Gasteiger partial charge in [0.2, 0.25) is 0 Å². The summed E-state index contributed by atoms with van der Waals surface area (Å²) in [5.74, 6) is -0.504. The lowest BCUT2D eigenvalue weighted by molar-refractivity contribution is -0.112. The van der Waals surface area contributed by atoms with Crippen LogP contribution in [0.3, 0.4) is 0 Å². The van der Waals surface area contributed by atoms with E-state index >= 15 is 0 Å². The van der Waals surface area contributed by atoms with E-state index in [0.717, 1.165) is 21.7 Å². The molecule has 0 saturated carbocycles. The SMILES string of the molecule is CN(C)c1ccc(C=C(C#N)C(=O)Nc2ncc(Cc3cc(Cl)ccc3Cl)s2)cc1. The number of benzene rings is 2. The Morgan fingerprint density at radius 3 is 2.63 bits per heavy atom. The first-order valence-electron chi connectivity index (χ1n) is 8.95. The molecule has 0 bridgehead atoms. The number of hydrogen-bond acceptors (Lipinski definition) is 5. The average molecular weight is 457 g/mol. The van der Waals surface area contributed by atoms with Crippen LogP contribution in [0.25, 0.3) is 6.08 Å². The Morgan fingerprint density at radius 1 is 1.23 bits per heavy atom. The monoisotopic (exact) mass is 456 g/mol. The van der Waals surface area contributed by atoms with Gasteiger partial charge < -0.3 is 4.90 Å². The van der Waals surface area contributed by atoms with Crippen molar-refractivity contribution in [2.45, 2.75) is 6.42 Å². The van der Waals surface area contributed by atoms with Gasteiger partial charge in [-0.3, -0.25) is 10.1 Å². The van der Waals surface area contributed by atoms with E-state index < -0.39 is 5.91 Å². The summed E-state index contributed by atoms with van der Waals surface area (Å²) in [7, 11) is 3.89. The third-order valence-electron chi connectivity index (χ3n) is 4.23. The molecule has 1 amide bonds. The number of rotatable bonds is 6. The lowest BCUT2D eigenvalue weighted by Gasteiger charge is -2.11. The van der Waals surface area contributed by atoms with E-state index in [1.807, 2.05) is 49.3 Å². The topological polar surface area (TPSA) is 69.0 Å². The summed E-state index contributed by atoms with van der Waals surface area (Å²) in [5.41, 5.74) is 2.68. The molecular weight excluding hydrogens is 439 g/mol. The van der Waals surface area contributed by atoms with Crippen molar-refractivity contribution in [2.24, 2.45) is 0 Å². The van der Waals surface area contributed by atoms with Gasteiger partial charge in [-0.2, -0.15) is 5.26 Å². The Kier molecular flexibility index (Phi) is 7.11. The van der Waals surface area contributed by atoms with Crippen molar-refractivity contribution in [3.05, 3.63) is 80.3 Å². The summed E-state index contributed by atoms with van der Waals surface area (Å²) in [4.78, 5) is 19.6. The van der Waals surface area contributed by atoms with Crippen LogP contribution in [0.2, 0.25) is 10.0 Å². The Bertz CT molecular complexity index is 1130. The zero-order valence-electron chi connectivity index (χ0n) is 16.3. The number of thiazole rings is 1. The highest BCUT2D eigenvalue weighted by molar-refractivity contribution is 7.15. The lowest BCUT2D eigenvalue weighted by atomic mass is 10.1. The fourth-order valence-electron chi connectivity index (χ4n) is 2.66. The van der Waals surface area contributed by atoms with Crippen LogP contribution >= 0.6 is 34.5 Å². The summed E-state index contributed by atoms with van der Waals surface area (Å²) < 4.78 is 0. The summed E-state index contributed by atoms with van der Waals surface area (Å²) in [6.07, 6.45) is 3.77. The van der Waals surface area contributed by atoms with E-state index in [2.05, 4.69) is 10.3 Å². The number of amides is 1. The number of halogens is 2. The molecule has 1 aromatic heterocycles. The molecule has 5 nitrogen and oxygen atoms in total. The zero-order valence-corrected chi connectivity index (χ0v) is 18.6. The maximum Gasteiger partial charge on any atom is 0.268 e. The Morgan fingerprint density at radius 2 is 1.97 bits per heavy atom. The second-order valence-electron chi connectivity index (χ2n) is 6.65. The second-order valence-corrected chi connectivity index (χ2v) is 8.61. The fraction of sp³-hybridized carbons (Fsp3) is 0.136. The predicted molar refractivity (Wildman–Crippen MR) is 124 cm³/mol. The first-order chi connectivity index (χ1) is 14.4. The van der Waals surface area contributed by atoms with Gasteiger partial charge in [0, 0.05) is 47.3 Å². The molecular formula is C22H18Cl2N4OS. The molecule has 0 atom stereocenters. The van der Waals surface area contributed by atoms with Crippen LogP contribution in [0.15, 0.2) is 54.2 Å². The first kappa shape index (κ1) is 21.8. The Labute approximate surface area is 189 Å². The van der Waals surface area contributed by atoms with E-state index in [1.165, 1.54) is 11.3 Å². The van der Waals surface area contributed by atoms with Crippen molar-refractivity contribution < 1.29 is 4.79 Å². The lowest BCUT2D eigenvalue weighted by Crippen LogP contribution is -2.13. The number of nitriles is 1. The molecule has 3 aromatic rings. The molecule has 0 spiro atoms. The van der Waals surface area contributed by atoms with Gasteiger partial charge in [0.25, 0.3) is 5.91 Å². The van der Waals surface area contributed by atoms with E-state index in [0.29, 0.717) is 21.6 Å². The number of carbonyl (C=O) groups excluding carboxylic acids is 1. The van der Waals surface area contributed by atoms with Crippen LogP contribution in [-0.4, -0.2) is 25.0 Å². The van der Waals surface area contributed by atoms with Gasteiger partial charge >= 0.3 is 0 Å². The highest BCUT2D eigenvalue weighted by Crippen LogP contribution is 2.27. The molecule has 0 fully saturated rings. The van der Waals surface area contributed by atoms with Crippen molar-refractivity contribution in [1.29, 1.82) is 5.26 Å². The summed E-state index contributed by atoms with van der Waals surface area (Å²) in [6.45, 7) is 0. The quantitative estimate of drug-likeness (QED) is 0.384. The van der Waals surface area contributed by atoms with Gasteiger partial charge in [-0.25, -0.2) is 4.98 Å². The number of nitrogens with zero attached hydrogens (tertiary/aromatic N) is 3. The van der Waals surface area contributed by atoms with Gasteiger partial charge in [-0.15, -0.1) is 11.3 Å². The number of aromatic nitrogens is 1. The van der Waals surface area contributed by atoms with Gasteiger partial charge in [-0.1, -0.05) is 35.3 Å². The number of hydrogen-bond donors (Lipinski definition) is 1. The molecule has 3 rings (SSSR count). The molecule has 0 saturated heterocycles. The van der Waals surface area contributed by atoms with Crippen LogP contribution in [0.1, 0.15) is 16.0 Å². The third kappa shape index (κ3) is 5.61. The van der Waals surface area contributed by atoms with Crippen LogP contribution in [0.5, 0.6) is 0 Å². The Hall–Kier alpha value is -2.85. The molecule has 30 heavy (non-hydrogen) atoms. The average Bonchev–Trinajstić information content (AvgIpc) is 3.15. The number of anilines is 2. The van der Waals surface area contributed by atoms with Gasteiger partial charge in [-0.05, 0) is 47.5 Å². The third-order valence-corrected chi connectivity index (χ3v) is 5.75. The van der Waals surface area contributed by atoms with Gasteiger partial charge in [0.05, 0.1) is 0 Å². The van der Waals surface area contributed by atoms with Crippen molar-refractivity contribution in [2.75, 3.05) is 24.3 Å². The van der Waals surface area contributed by atoms with Crippen LogP contribution < -0.4 is 10.2 Å². The second kappa shape index (κ2) is 9.77. The maximum absolute atomic E-state index is 12.5. The normalized spacial score (nSPS) is 11.1. The van der Waals surface area contributed by atoms with Gasteiger partial charge in [0.15, 0.2) is 5.13 Å². The molecule has 152 valence electrons. The zero-order chi connectivity index (χ0) is 21.7. The van der Waals surface area contributed by atoms with Crippen molar-refractivity contribution in [1.82, 2.24) is 4.98 Å². The largest absolute Gasteiger partial charge is 0.378 e. The van der Waals surface area contributed by atoms with Crippen LogP contribution in [0.4, 0.5) is 10.8 Å². The molecule has 1 N–H and O–H groups in total. The van der Waals surface area contributed by atoms with Crippen LogP contribution in [-0.2, 0) is 11.2 Å².